The van der Waals surface area contributed by atoms with Gasteiger partial charge in [-0.05, 0) is 18.2 Å². The number of amides is 3. The highest BCUT2D eigenvalue weighted by atomic mass is 19.1. The summed E-state index contributed by atoms with van der Waals surface area (Å²) in [6.07, 6.45) is 0.125. The van der Waals surface area contributed by atoms with Crippen molar-refractivity contribution in [1.82, 2.24) is 15.2 Å². The van der Waals surface area contributed by atoms with Crippen LogP contribution in [-0.4, -0.2) is 73.2 Å². The van der Waals surface area contributed by atoms with E-state index in [-0.39, 0.29) is 36.6 Å². The maximum Gasteiger partial charge on any atom is 0.414 e. The zero-order chi connectivity index (χ0) is 22.8. The lowest BCUT2D eigenvalue weighted by molar-refractivity contribution is -0.119. The van der Waals surface area contributed by atoms with E-state index in [1.54, 1.807) is 17.0 Å². The van der Waals surface area contributed by atoms with Gasteiger partial charge in [-0.3, -0.25) is 14.5 Å². The van der Waals surface area contributed by atoms with Crippen molar-refractivity contribution in [3.63, 3.8) is 0 Å². The summed E-state index contributed by atoms with van der Waals surface area (Å²) in [7, 11) is 0. The molecule has 1 unspecified atom stereocenters. The van der Waals surface area contributed by atoms with Crippen LogP contribution in [0.15, 0.2) is 28.9 Å². The van der Waals surface area contributed by atoms with Crippen LogP contribution in [0.3, 0.4) is 0 Å². The Morgan fingerprint density at radius 1 is 1.28 bits per heavy atom. The number of carbonyl (C=O) groups is 3. The smallest absolute Gasteiger partial charge is 0.414 e. The third-order valence-electron chi connectivity index (χ3n) is 5.34. The number of hydrogen-bond acceptors (Lipinski definition) is 8. The molecule has 0 spiro atoms. The number of cyclic esters (lactones) is 1. The molecule has 2 aliphatic rings. The van der Waals surface area contributed by atoms with E-state index in [4.69, 9.17) is 14.9 Å². The highest BCUT2D eigenvalue weighted by Gasteiger charge is 2.33. The minimum Gasteiger partial charge on any atom is -0.442 e. The van der Waals surface area contributed by atoms with Crippen molar-refractivity contribution in [2.75, 3.05) is 54.8 Å². The fourth-order valence-corrected chi connectivity index (χ4v) is 3.71. The number of anilines is 3. The van der Waals surface area contributed by atoms with Crippen molar-refractivity contribution in [1.29, 1.82) is 0 Å². The number of ether oxygens (including phenoxy) is 1. The highest BCUT2D eigenvalue weighted by Crippen LogP contribution is 2.28. The van der Waals surface area contributed by atoms with Crippen molar-refractivity contribution in [2.24, 2.45) is 0 Å². The third-order valence-corrected chi connectivity index (χ3v) is 5.34. The van der Waals surface area contributed by atoms with Gasteiger partial charge in [-0.1, -0.05) is 0 Å². The molecule has 1 aromatic heterocycles. The quantitative estimate of drug-likeness (QED) is 0.689. The lowest BCUT2D eigenvalue weighted by atomic mass is 10.2. The Balaban J connectivity index is 1.37. The van der Waals surface area contributed by atoms with E-state index in [1.165, 1.54) is 24.2 Å². The molecule has 0 bridgehead atoms. The normalized spacial score (nSPS) is 18.6. The molecular weight excluding hydrogens is 423 g/mol. The van der Waals surface area contributed by atoms with Gasteiger partial charge in [0.25, 0.3) is 11.9 Å². The molecule has 11 nitrogen and oxygen atoms in total. The van der Waals surface area contributed by atoms with Gasteiger partial charge in [0.1, 0.15) is 18.2 Å². The summed E-state index contributed by atoms with van der Waals surface area (Å²) in [6.45, 7) is 3.42. The van der Waals surface area contributed by atoms with Gasteiger partial charge in [-0.2, -0.15) is 4.98 Å². The molecule has 2 saturated heterocycles. The molecular formula is C20H23FN6O5. The minimum absolute atomic E-state index is 0.0718. The molecule has 170 valence electrons. The van der Waals surface area contributed by atoms with E-state index < -0.39 is 18.0 Å². The summed E-state index contributed by atoms with van der Waals surface area (Å²) in [5, 5.41) is 2.60. The van der Waals surface area contributed by atoms with Crippen LogP contribution in [0.1, 0.15) is 17.4 Å². The molecule has 3 heterocycles. The molecule has 0 radical (unpaired) electrons. The molecule has 2 fully saturated rings. The summed E-state index contributed by atoms with van der Waals surface area (Å²) in [4.78, 5) is 44.2. The van der Waals surface area contributed by atoms with Crippen LogP contribution in [0.2, 0.25) is 0 Å². The summed E-state index contributed by atoms with van der Waals surface area (Å²) in [5.74, 6) is -0.992. The average molecular weight is 446 g/mol. The number of piperazine rings is 1. The van der Waals surface area contributed by atoms with Gasteiger partial charge in [-0.25, -0.2) is 9.18 Å². The van der Waals surface area contributed by atoms with Crippen molar-refractivity contribution in [3.8, 4) is 0 Å². The summed E-state index contributed by atoms with van der Waals surface area (Å²) < 4.78 is 25.0. The first-order valence-electron chi connectivity index (χ1n) is 10.1. The van der Waals surface area contributed by atoms with E-state index in [2.05, 4.69) is 10.3 Å². The second-order valence-electron chi connectivity index (χ2n) is 7.54. The third kappa shape index (κ3) is 4.43. The average Bonchev–Trinajstić information content (AvgIpc) is 3.37. The zero-order valence-corrected chi connectivity index (χ0v) is 17.4. The zero-order valence-electron chi connectivity index (χ0n) is 17.4. The predicted octanol–water partition coefficient (Wildman–Crippen LogP) is 0.820. The molecule has 3 N–H and O–H groups in total. The number of aromatic nitrogens is 1. The lowest BCUT2D eigenvalue weighted by Gasteiger charge is -2.36. The first-order chi connectivity index (χ1) is 15.3. The van der Waals surface area contributed by atoms with Gasteiger partial charge in [-0.15, -0.1) is 0 Å². The molecule has 1 aromatic carbocycles. The Bertz CT molecular complexity index is 1040. The molecule has 1 atom stereocenters. The number of nitrogen functional groups attached to an aromatic ring is 1. The number of benzene rings is 1. The molecule has 12 heteroatoms. The van der Waals surface area contributed by atoms with E-state index >= 15 is 0 Å². The van der Waals surface area contributed by atoms with Crippen LogP contribution in [0.25, 0.3) is 0 Å². The second kappa shape index (κ2) is 8.73. The Morgan fingerprint density at radius 2 is 2.03 bits per heavy atom. The van der Waals surface area contributed by atoms with Crippen molar-refractivity contribution >= 4 is 35.3 Å². The predicted molar refractivity (Wildman–Crippen MR) is 112 cm³/mol. The molecule has 32 heavy (non-hydrogen) atoms. The molecule has 0 saturated carbocycles. The van der Waals surface area contributed by atoms with Gasteiger partial charge in [0.05, 0.1) is 24.5 Å². The van der Waals surface area contributed by atoms with Gasteiger partial charge in [0, 0.05) is 33.1 Å². The Labute approximate surface area is 182 Å². The van der Waals surface area contributed by atoms with Crippen LogP contribution < -0.4 is 20.9 Å². The van der Waals surface area contributed by atoms with E-state index in [0.29, 0.717) is 37.6 Å². The number of hydrogen-bond donors (Lipinski definition) is 2. The van der Waals surface area contributed by atoms with Crippen LogP contribution in [0, 0.1) is 5.82 Å². The van der Waals surface area contributed by atoms with Crippen LogP contribution >= 0.6 is 0 Å². The number of nitrogens with two attached hydrogens (primary N) is 1. The number of halogens is 1. The summed E-state index contributed by atoms with van der Waals surface area (Å²) in [5.41, 5.74) is 6.31. The number of rotatable bonds is 5. The Morgan fingerprint density at radius 3 is 2.66 bits per heavy atom. The number of nitrogens with one attached hydrogen (secondary N) is 1. The lowest BCUT2D eigenvalue weighted by Crippen LogP contribution is -2.49. The second-order valence-corrected chi connectivity index (χ2v) is 7.54. The number of carbonyl (C=O) groups excluding carboxylic acids is 3. The Kier molecular flexibility index (Phi) is 5.84. The Hall–Kier alpha value is -3.83. The van der Waals surface area contributed by atoms with Crippen molar-refractivity contribution < 1.29 is 27.9 Å². The van der Waals surface area contributed by atoms with Crippen molar-refractivity contribution in [2.45, 2.75) is 13.0 Å². The summed E-state index contributed by atoms with van der Waals surface area (Å²) in [6, 6.07) is 4.47. The summed E-state index contributed by atoms with van der Waals surface area (Å²) >= 11 is 0. The van der Waals surface area contributed by atoms with E-state index in [9.17, 15) is 18.8 Å². The van der Waals surface area contributed by atoms with E-state index in [0.717, 1.165) is 0 Å². The van der Waals surface area contributed by atoms with Crippen LogP contribution in [-0.2, 0) is 9.53 Å². The van der Waals surface area contributed by atoms with Crippen LogP contribution in [0.5, 0.6) is 0 Å². The largest absolute Gasteiger partial charge is 0.442 e. The maximum absolute atomic E-state index is 14.9. The molecule has 0 aliphatic carbocycles. The first kappa shape index (κ1) is 21.4. The molecule has 4 rings (SSSR count). The van der Waals surface area contributed by atoms with Crippen LogP contribution in [0.4, 0.5) is 26.6 Å². The van der Waals surface area contributed by atoms with Gasteiger partial charge in [0.2, 0.25) is 5.91 Å². The standard InChI is InChI=1S/C20H23FN6O5/c1-12(28)23-9-14-10-27(20(30)32-14)13-2-3-17(15(21)8-13)25-4-6-26(7-5-25)18(29)16-11-31-19(22)24-16/h2-3,8,11,14H,4-7,9-10H2,1H3,(H2,22,24)(H,23,28). The minimum atomic E-state index is -0.590. The van der Waals surface area contributed by atoms with Gasteiger partial charge in [0.15, 0.2) is 5.69 Å². The topological polar surface area (TPSA) is 134 Å². The van der Waals surface area contributed by atoms with Gasteiger partial charge >= 0.3 is 6.09 Å². The number of nitrogens with zero attached hydrogens (tertiary/aromatic N) is 4. The fourth-order valence-electron chi connectivity index (χ4n) is 3.71. The molecule has 3 amide bonds. The number of oxazole rings is 1. The van der Waals surface area contributed by atoms with Crippen molar-refractivity contribution in [3.05, 3.63) is 36.0 Å². The SMILES string of the molecule is CC(=O)NCC1CN(c2ccc(N3CCN(C(=O)c4coc(N)n4)CC3)c(F)c2)C(=O)O1. The first-order valence-corrected chi connectivity index (χ1v) is 10.1. The molecule has 2 aromatic rings. The monoisotopic (exact) mass is 446 g/mol. The maximum atomic E-state index is 14.9. The van der Waals surface area contributed by atoms with E-state index in [1.807, 2.05) is 4.90 Å². The molecule has 2 aliphatic heterocycles. The highest BCUT2D eigenvalue weighted by molar-refractivity contribution is 5.92. The fraction of sp³-hybridized carbons (Fsp3) is 0.400. The van der Waals surface area contributed by atoms with Gasteiger partial charge < -0.3 is 30.0 Å².